The molecule has 0 spiro atoms. The molecule has 0 atom stereocenters. The lowest BCUT2D eigenvalue weighted by Crippen LogP contribution is -2.34. The Hall–Kier alpha value is -1.58. The lowest BCUT2D eigenvalue weighted by atomic mass is 9.96. The highest BCUT2D eigenvalue weighted by molar-refractivity contribution is 5.94. The number of anilines is 1. The van der Waals surface area contributed by atoms with E-state index in [0.717, 1.165) is 6.07 Å². The zero-order chi connectivity index (χ0) is 13.2. The Balaban J connectivity index is 2.89. The van der Waals surface area contributed by atoms with Gasteiger partial charge in [0, 0.05) is 19.3 Å². The summed E-state index contributed by atoms with van der Waals surface area (Å²) in [5, 5.41) is 0. The smallest absolute Gasteiger partial charge is 0.256 e. The second kappa shape index (κ2) is 4.73. The van der Waals surface area contributed by atoms with Crippen molar-refractivity contribution in [3.63, 3.8) is 0 Å². The van der Waals surface area contributed by atoms with Crippen LogP contribution < -0.4 is 5.73 Å². The molecule has 1 rings (SSSR count). The van der Waals surface area contributed by atoms with E-state index in [2.05, 4.69) is 0 Å². The average molecular weight is 238 g/mol. The third-order valence-corrected chi connectivity index (χ3v) is 2.28. The van der Waals surface area contributed by atoms with Crippen LogP contribution in [-0.4, -0.2) is 24.4 Å². The van der Waals surface area contributed by atoms with E-state index in [1.807, 2.05) is 20.8 Å². The minimum atomic E-state index is -0.573. The largest absolute Gasteiger partial charge is 0.399 e. The first-order valence-corrected chi connectivity index (χ1v) is 5.51. The van der Waals surface area contributed by atoms with Crippen molar-refractivity contribution in [3.8, 4) is 0 Å². The second-order valence-corrected chi connectivity index (χ2v) is 5.46. The molecular weight excluding hydrogens is 219 g/mol. The molecule has 17 heavy (non-hydrogen) atoms. The maximum atomic E-state index is 13.6. The van der Waals surface area contributed by atoms with Gasteiger partial charge in [-0.15, -0.1) is 0 Å². The normalized spacial score (nSPS) is 11.4. The van der Waals surface area contributed by atoms with Gasteiger partial charge in [-0.2, -0.15) is 0 Å². The summed E-state index contributed by atoms with van der Waals surface area (Å²) in [6, 6.07) is 4.12. The van der Waals surface area contributed by atoms with Crippen LogP contribution in [0.2, 0.25) is 0 Å². The SMILES string of the molecule is CN(CC(C)(C)C)C(=O)c1ccc(N)cc1F. The number of benzene rings is 1. The molecule has 0 saturated heterocycles. The number of hydrogen-bond donors (Lipinski definition) is 1. The van der Waals surface area contributed by atoms with Crippen molar-refractivity contribution in [2.45, 2.75) is 20.8 Å². The predicted octanol–water partition coefficient (Wildman–Crippen LogP) is 2.53. The summed E-state index contributed by atoms with van der Waals surface area (Å²) in [4.78, 5) is 13.5. The number of hydrogen-bond acceptors (Lipinski definition) is 2. The molecule has 2 N–H and O–H groups in total. The number of carbonyl (C=O) groups is 1. The van der Waals surface area contributed by atoms with Crippen molar-refractivity contribution < 1.29 is 9.18 Å². The van der Waals surface area contributed by atoms with E-state index in [4.69, 9.17) is 5.73 Å². The topological polar surface area (TPSA) is 46.3 Å². The van der Waals surface area contributed by atoms with Gasteiger partial charge in [0.25, 0.3) is 5.91 Å². The third kappa shape index (κ3) is 3.73. The van der Waals surface area contributed by atoms with Crippen LogP contribution in [0.1, 0.15) is 31.1 Å². The summed E-state index contributed by atoms with van der Waals surface area (Å²) in [5.41, 5.74) is 5.80. The maximum Gasteiger partial charge on any atom is 0.256 e. The molecule has 3 nitrogen and oxygen atoms in total. The van der Waals surface area contributed by atoms with Crippen LogP contribution in [0.5, 0.6) is 0 Å². The molecular formula is C13H19FN2O. The summed E-state index contributed by atoms with van der Waals surface area (Å²) < 4.78 is 13.6. The van der Waals surface area contributed by atoms with Crippen molar-refractivity contribution in [1.29, 1.82) is 0 Å². The van der Waals surface area contributed by atoms with Crippen molar-refractivity contribution >= 4 is 11.6 Å². The number of nitrogens with two attached hydrogens (primary N) is 1. The third-order valence-electron chi connectivity index (χ3n) is 2.28. The predicted molar refractivity (Wildman–Crippen MR) is 67.2 cm³/mol. The Morgan fingerprint density at radius 1 is 1.41 bits per heavy atom. The summed E-state index contributed by atoms with van der Waals surface area (Å²) in [6.07, 6.45) is 0. The first-order chi connectivity index (χ1) is 7.70. The lowest BCUT2D eigenvalue weighted by Gasteiger charge is -2.26. The minimum absolute atomic E-state index is 0.0192. The molecule has 0 bridgehead atoms. The van der Waals surface area contributed by atoms with Crippen molar-refractivity contribution in [2.24, 2.45) is 5.41 Å². The van der Waals surface area contributed by atoms with Gasteiger partial charge >= 0.3 is 0 Å². The lowest BCUT2D eigenvalue weighted by molar-refractivity contribution is 0.0741. The molecule has 0 aliphatic heterocycles. The van der Waals surface area contributed by atoms with E-state index in [1.165, 1.54) is 17.0 Å². The number of carbonyl (C=O) groups excluding carboxylic acids is 1. The van der Waals surface area contributed by atoms with Crippen LogP contribution in [0.25, 0.3) is 0 Å². The highest BCUT2D eigenvalue weighted by Gasteiger charge is 2.21. The van der Waals surface area contributed by atoms with Gasteiger partial charge in [0.2, 0.25) is 0 Å². The Labute approximate surface area is 101 Å². The molecule has 0 aliphatic carbocycles. The summed E-state index contributed by atoms with van der Waals surface area (Å²) in [7, 11) is 1.67. The molecule has 0 radical (unpaired) electrons. The van der Waals surface area contributed by atoms with Gasteiger partial charge in [-0.25, -0.2) is 4.39 Å². The highest BCUT2D eigenvalue weighted by Crippen LogP contribution is 2.18. The standard InChI is InChI=1S/C13H19FN2O/c1-13(2,3)8-16(4)12(17)10-6-5-9(15)7-11(10)14/h5-7H,8,15H2,1-4H3. The van der Waals surface area contributed by atoms with Crippen molar-refractivity contribution in [2.75, 3.05) is 19.3 Å². The molecule has 1 aromatic carbocycles. The Bertz CT molecular complexity index is 424. The van der Waals surface area contributed by atoms with Crippen molar-refractivity contribution in [3.05, 3.63) is 29.6 Å². The molecule has 0 saturated carbocycles. The average Bonchev–Trinajstić information content (AvgIpc) is 2.14. The van der Waals surface area contributed by atoms with Gasteiger partial charge in [0.15, 0.2) is 0 Å². The number of rotatable bonds is 2. The fourth-order valence-electron chi connectivity index (χ4n) is 1.69. The zero-order valence-electron chi connectivity index (χ0n) is 10.7. The molecule has 0 fully saturated rings. The fourth-order valence-corrected chi connectivity index (χ4v) is 1.69. The van der Waals surface area contributed by atoms with Gasteiger partial charge in [-0.1, -0.05) is 20.8 Å². The van der Waals surface area contributed by atoms with Gasteiger partial charge < -0.3 is 10.6 Å². The van der Waals surface area contributed by atoms with E-state index >= 15 is 0 Å². The minimum Gasteiger partial charge on any atom is -0.399 e. The van der Waals surface area contributed by atoms with Crippen LogP contribution in [0, 0.1) is 11.2 Å². The summed E-state index contributed by atoms with van der Waals surface area (Å²) in [6.45, 7) is 6.64. The Kier molecular flexibility index (Phi) is 3.76. The zero-order valence-corrected chi connectivity index (χ0v) is 10.7. The molecule has 0 unspecified atom stereocenters. The first-order valence-electron chi connectivity index (χ1n) is 5.51. The van der Waals surface area contributed by atoms with Gasteiger partial charge in [0.05, 0.1) is 5.56 Å². The van der Waals surface area contributed by atoms with Gasteiger partial charge in [0.1, 0.15) is 5.82 Å². The Morgan fingerprint density at radius 2 is 2.00 bits per heavy atom. The molecule has 0 aromatic heterocycles. The quantitative estimate of drug-likeness (QED) is 0.805. The number of halogens is 1. The Morgan fingerprint density at radius 3 is 2.47 bits per heavy atom. The molecule has 94 valence electrons. The molecule has 1 aromatic rings. The van der Waals surface area contributed by atoms with Crippen LogP contribution >= 0.6 is 0 Å². The van der Waals surface area contributed by atoms with Crippen LogP contribution in [0.15, 0.2) is 18.2 Å². The van der Waals surface area contributed by atoms with Crippen molar-refractivity contribution in [1.82, 2.24) is 4.90 Å². The number of amides is 1. The van der Waals surface area contributed by atoms with E-state index in [0.29, 0.717) is 12.2 Å². The van der Waals surface area contributed by atoms with Crippen LogP contribution in [-0.2, 0) is 0 Å². The molecule has 4 heteroatoms. The van der Waals surface area contributed by atoms with Gasteiger partial charge in [-0.3, -0.25) is 4.79 Å². The summed E-state index contributed by atoms with van der Waals surface area (Å²) in [5.74, 6) is -0.895. The van der Waals surface area contributed by atoms with E-state index in [1.54, 1.807) is 7.05 Å². The second-order valence-electron chi connectivity index (χ2n) is 5.46. The van der Waals surface area contributed by atoms with E-state index in [-0.39, 0.29) is 16.9 Å². The van der Waals surface area contributed by atoms with E-state index < -0.39 is 5.82 Å². The fraction of sp³-hybridized carbons (Fsp3) is 0.462. The summed E-state index contributed by atoms with van der Waals surface area (Å²) >= 11 is 0. The first kappa shape index (κ1) is 13.5. The monoisotopic (exact) mass is 238 g/mol. The van der Waals surface area contributed by atoms with Crippen LogP contribution in [0.3, 0.4) is 0 Å². The molecule has 0 heterocycles. The van der Waals surface area contributed by atoms with Gasteiger partial charge in [-0.05, 0) is 23.6 Å². The maximum absolute atomic E-state index is 13.6. The number of nitrogen functional groups attached to an aromatic ring is 1. The van der Waals surface area contributed by atoms with E-state index in [9.17, 15) is 9.18 Å². The highest BCUT2D eigenvalue weighted by atomic mass is 19.1. The number of nitrogens with zero attached hydrogens (tertiary/aromatic N) is 1. The molecule has 1 amide bonds. The van der Waals surface area contributed by atoms with Crippen LogP contribution in [0.4, 0.5) is 10.1 Å². The molecule has 0 aliphatic rings.